The summed E-state index contributed by atoms with van der Waals surface area (Å²) in [6.07, 6.45) is 3.61. The van der Waals surface area contributed by atoms with E-state index in [2.05, 4.69) is 15.6 Å². The Morgan fingerprint density at radius 2 is 2.15 bits per heavy atom. The summed E-state index contributed by atoms with van der Waals surface area (Å²) in [5, 5.41) is 14.1. The Labute approximate surface area is 118 Å². The molecule has 6 nitrogen and oxygen atoms in total. The van der Waals surface area contributed by atoms with Crippen molar-refractivity contribution in [1.82, 2.24) is 15.6 Å². The number of nitrogens with zero attached hydrogens (tertiary/aromatic N) is 1. The molecule has 0 spiro atoms. The summed E-state index contributed by atoms with van der Waals surface area (Å²) in [5.74, 6) is -1.02. The molecular formula is C14H21N3O3. The molecule has 1 heterocycles. The lowest BCUT2D eigenvalue weighted by molar-refractivity contribution is -0.139. The first-order chi connectivity index (χ1) is 9.58. The first-order valence-electron chi connectivity index (χ1n) is 6.78. The molecule has 0 aromatic carbocycles. The number of amides is 2. The van der Waals surface area contributed by atoms with Crippen molar-refractivity contribution in [2.45, 2.75) is 45.7 Å². The van der Waals surface area contributed by atoms with E-state index in [1.54, 1.807) is 6.20 Å². The van der Waals surface area contributed by atoms with Crippen LogP contribution in [-0.2, 0) is 17.8 Å². The van der Waals surface area contributed by atoms with E-state index in [0.717, 1.165) is 17.7 Å². The van der Waals surface area contributed by atoms with Gasteiger partial charge < -0.3 is 15.7 Å². The monoisotopic (exact) mass is 279 g/mol. The second-order valence-electron chi connectivity index (χ2n) is 4.47. The molecule has 0 fully saturated rings. The van der Waals surface area contributed by atoms with Crippen molar-refractivity contribution in [3.8, 4) is 0 Å². The molecule has 0 aliphatic carbocycles. The van der Waals surface area contributed by atoms with Crippen LogP contribution in [0.5, 0.6) is 0 Å². The van der Waals surface area contributed by atoms with Crippen molar-refractivity contribution in [2.24, 2.45) is 0 Å². The highest BCUT2D eigenvalue weighted by atomic mass is 16.4. The molecule has 1 aromatic heterocycles. The molecule has 0 bridgehead atoms. The Balaban J connectivity index is 2.52. The number of rotatable bonds is 7. The number of pyridine rings is 1. The number of nitrogens with one attached hydrogen (secondary N) is 2. The zero-order chi connectivity index (χ0) is 15.0. The Bertz CT molecular complexity index is 463. The molecule has 110 valence electrons. The second-order valence-corrected chi connectivity index (χ2v) is 4.47. The van der Waals surface area contributed by atoms with Crippen molar-refractivity contribution in [3.63, 3.8) is 0 Å². The van der Waals surface area contributed by atoms with E-state index >= 15 is 0 Å². The van der Waals surface area contributed by atoms with Gasteiger partial charge in [-0.25, -0.2) is 9.59 Å². The molecule has 1 aromatic rings. The predicted molar refractivity (Wildman–Crippen MR) is 75.3 cm³/mol. The summed E-state index contributed by atoms with van der Waals surface area (Å²) in [5.41, 5.74) is 1.86. The Morgan fingerprint density at radius 3 is 2.75 bits per heavy atom. The van der Waals surface area contributed by atoms with E-state index in [4.69, 9.17) is 5.11 Å². The average Bonchev–Trinajstić information content (AvgIpc) is 2.44. The molecule has 0 aliphatic heterocycles. The van der Waals surface area contributed by atoms with Gasteiger partial charge in [0.05, 0.1) is 12.2 Å². The largest absolute Gasteiger partial charge is 0.480 e. The van der Waals surface area contributed by atoms with Crippen LogP contribution in [-0.4, -0.2) is 28.1 Å². The zero-order valence-corrected chi connectivity index (χ0v) is 11.8. The van der Waals surface area contributed by atoms with Crippen molar-refractivity contribution in [1.29, 1.82) is 0 Å². The molecule has 0 aliphatic rings. The predicted octanol–water partition coefficient (Wildman–Crippen LogP) is 1.70. The molecule has 20 heavy (non-hydrogen) atoms. The van der Waals surface area contributed by atoms with E-state index in [1.807, 2.05) is 26.0 Å². The van der Waals surface area contributed by atoms with Gasteiger partial charge in [0.15, 0.2) is 0 Å². The molecule has 6 heteroatoms. The molecule has 0 saturated heterocycles. The van der Waals surface area contributed by atoms with Crippen LogP contribution in [0.25, 0.3) is 0 Å². The maximum Gasteiger partial charge on any atom is 0.326 e. The number of hydrogen-bond donors (Lipinski definition) is 3. The number of carboxylic acids is 1. The van der Waals surface area contributed by atoms with E-state index in [-0.39, 0.29) is 6.54 Å². The van der Waals surface area contributed by atoms with Gasteiger partial charge in [0.1, 0.15) is 6.04 Å². The molecule has 1 atom stereocenters. The van der Waals surface area contributed by atoms with Gasteiger partial charge in [-0.2, -0.15) is 0 Å². The number of aromatic nitrogens is 1. The number of aliphatic carboxylic acids is 1. The Kier molecular flexibility index (Phi) is 6.49. The third-order valence-electron chi connectivity index (χ3n) is 2.96. The number of hydrogen-bond acceptors (Lipinski definition) is 3. The van der Waals surface area contributed by atoms with Gasteiger partial charge in [0, 0.05) is 6.20 Å². The highest BCUT2D eigenvalue weighted by Gasteiger charge is 2.18. The fraction of sp³-hybridized carbons (Fsp3) is 0.500. The number of carbonyl (C=O) groups excluding carboxylic acids is 1. The fourth-order valence-corrected chi connectivity index (χ4v) is 1.87. The molecule has 3 N–H and O–H groups in total. The number of urea groups is 1. The van der Waals surface area contributed by atoms with Crippen LogP contribution in [0.3, 0.4) is 0 Å². The lowest BCUT2D eigenvalue weighted by Gasteiger charge is -2.14. The second kappa shape index (κ2) is 8.14. The minimum absolute atomic E-state index is 0.286. The van der Waals surface area contributed by atoms with Gasteiger partial charge in [0.25, 0.3) is 0 Å². The Morgan fingerprint density at radius 1 is 1.40 bits per heavy atom. The zero-order valence-electron chi connectivity index (χ0n) is 11.8. The van der Waals surface area contributed by atoms with Gasteiger partial charge in [-0.05, 0) is 24.5 Å². The average molecular weight is 279 g/mol. The summed E-state index contributed by atoms with van der Waals surface area (Å²) in [7, 11) is 0. The maximum absolute atomic E-state index is 11.7. The highest BCUT2D eigenvalue weighted by Crippen LogP contribution is 2.05. The molecule has 0 unspecified atom stereocenters. The first-order valence-corrected chi connectivity index (χ1v) is 6.78. The Hall–Kier alpha value is -2.11. The molecular weight excluding hydrogens is 258 g/mol. The van der Waals surface area contributed by atoms with Crippen LogP contribution >= 0.6 is 0 Å². The minimum atomic E-state index is -1.02. The number of carbonyl (C=O) groups is 2. The van der Waals surface area contributed by atoms with E-state index in [0.29, 0.717) is 12.8 Å². The smallest absolute Gasteiger partial charge is 0.326 e. The van der Waals surface area contributed by atoms with Gasteiger partial charge >= 0.3 is 12.0 Å². The third-order valence-corrected chi connectivity index (χ3v) is 2.96. The topological polar surface area (TPSA) is 91.3 Å². The van der Waals surface area contributed by atoms with Crippen molar-refractivity contribution < 1.29 is 14.7 Å². The van der Waals surface area contributed by atoms with Crippen LogP contribution in [0.4, 0.5) is 4.79 Å². The summed E-state index contributed by atoms with van der Waals surface area (Å²) >= 11 is 0. The van der Waals surface area contributed by atoms with Crippen molar-refractivity contribution in [2.75, 3.05) is 0 Å². The first kappa shape index (κ1) is 15.9. The summed E-state index contributed by atoms with van der Waals surface area (Å²) in [4.78, 5) is 26.9. The fourth-order valence-electron chi connectivity index (χ4n) is 1.87. The standard InChI is InChI=1S/C14H21N3O3/c1-3-6-11(13(18)19)17-14(20)16-9-12-10(4-2)7-5-8-15-12/h5,7-8,11H,3-4,6,9H2,1-2H3,(H,18,19)(H2,16,17,20)/t11-/m1/s1. The van der Waals surface area contributed by atoms with Crippen LogP contribution in [0.15, 0.2) is 18.3 Å². The van der Waals surface area contributed by atoms with Crippen LogP contribution in [0.1, 0.15) is 37.9 Å². The number of aryl methyl sites for hydroxylation is 1. The summed E-state index contributed by atoms with van der Waals surface area (Å²) < 4.78 is 0. The van der Waals surface area contributed by atoms with Crippen molar-refractivity contribution in [3.05, 3.63) is 29.6 Å². The molecule has 0 radical (unpaired) electrons. The van der Waals surface area contributed by atoms with Crippen LogP contribution in [0, 0.1) is 0 Å². The van der Waals surface area contributed by atoms with E-state index in [9.17, 15) is 9.59 Å². The SMILES string of the molecule is CCC[C@@H](NC(=O)NCc1ncccc1CC)C(=O)O. The van der Waals surface area contributed by atoms with Gasteiger partial charge in [-0.1, -0.05) is 26.3 Å². The quantitative estimate of drug-likeness (QED) is 0.708. The lowest BCUT2D eigenvalue weighted by atomic mass is 10.1. The summed E-state index contributed by atoms with van der Waals surface area (Å²) in [6.45, 7) is 4.17. The van der Waals surface area contributed by atoms with Gasteiger partial charge in [-0.15, -0.1) is 0 Å². The summed E-state index contributed by atoms with van der Waals surface area (Å²) in [6, 6.07) is 2.47. The lowest BCUT2D eigenvalue weighted by Crippen LogP contribution is -2.45. The van der Waals surface area contributed by atoms with Crippen LogP contribution in [0.2, 0.25) is 0 Å². The van der Waals surface area contributed by atoms with Gasteiger partial charge in [0.2, 0.25) is 0 Å². The van der Waals surface area contributed by atoms with Gasteiger partial charge in [-0.3, -0.25) is 4.98 Å². The normalized spacial score (nSPS) is 11.7. The highest BCUT2D eigenvalue weighted by molar-refractivity contribution is 5.82. The van der Waals surface area contributed by atoms with Crippen molar-refractivity contribution >= 4 is 12.0 Å². The maximum atomic E-state index is 11.7. The van der Waals surface area contributed by atoms with E-state index < -0.39 is 18.0 Å². The van der Waals surface area contributed by atoms with E-state index in [1.165, 1.54) is 0 Å². The molecule has 1 rings (SSSR count). The third kappa shape index (κ3) is 4.87. The number of carboxylic acid groups (broad SMARTS) is 1. The minimum Gasteiger partial charge on any atom is -0.480 e. The molecule has 2 amide bonds. The molecule has 0 saturated carbocycles. The van der Waals surface area contributed by atoms with Crippen LogP contribution < -0.4 is 10.6 Å².